The lowest BCUT2D eigenvalue weighted by Crippen LogP contribution is -2.33. The molecule has 1 fully saturated rings. The SMILES string of the molecule is Cc1cccc(C)c1CC1(O)CCCNCC1. The summed E-state index contributed by atoms with van der Waals surface area (Å²) in [6.45, 7) is 6.25. The quantitative estimate of drug-likeness (QED) is 0.822. The molecule has 2 heteroatoms. The fourth-order valence-electron chi connectivity index (χ4n) is 2.75. The van der Waals surface area contributed by atoms with E-state index in [1.54, 1.807) is 0 Å². The fraction of sp³-hybridized carbons (Fsp3) is 0.600. The summed E-state index contributed by atoms with van der Waals surface area (Å²) >= 11 is 0. The van der Waals surface area contributed by atoms with Gasteiger partial charge in [-0.15, -0.1) is 0 Å². The number of hydrogen-bond acceptors (Lipinski definition) is 2. The fourth-order valence-corrected chi connectivity index (χ4v) is 2.75. The predicted molar refractivity (Wildman–Crippen MR) is 71.3 cm³/mol. The van der Waals surface area contributed by atoms with Gasteiger partial charge < -0.3 is 10.4 Å². The van der Waals surface area contributed by atoms with Gasteiger partial charge in [-0.2, -0.15) is 0 Å². The second-order valence-electron chi connectivity index (χ2n) is 5.38. The maximum Gasteiger partial charge on any atom is 0.0700 e. The van der Waals surface area contributed by atoms with E-state index in [2.05, 4.69) is 37.4 Å². The van der Waals surface area contributed by atoms with Crippen LogP contribution in [-0.2, 0) is 6.42 Å². The van der Waals surface area contributed by atoms with Crippen molar-refractivity contribution in [3.05, 3.63) is 34.9 Å². The summed E-state index contributed by atoms with van der Waals surface area (Å²) in [4.78, 5) is 0. The molecular weight excluding hydrogens is 210 g/mol. The molecule has 0 aliphatic carbocycles. The van der Waals surface area contributed by atoms with Gasteiger partial charge in [0.05, 0.1) is 5.60 Å². The molecule has 1 aliphatic rings. The molecule has 17 heavy (non-hydrogen) atoms. The largest absolute Gasteiger partial charge is 0.389 e. The Bertz CT molecular complexity index is 358. The van der Waals surface area contributed by atoms with Gasteiger partial charge in [-0.3, -0.25) is 0 Å². The number of aliphatic hydroxyl groups is 1. The Morgan fingerprint density at radius 1 is 1.18 bits per heavy atom. The van der Waals surface area contributed by atoms with Gasteiger partial charge in [0.25, 0.3) is 0 Å². The number of benzene rings is 1. The van der Waals surface area contributed by atoms with E-state index in [9.17, 15) is 5.11 Å². The molecule has 1 heterocycles. The molecule has 0 aromatic heterocycles. The summed E-state index contributed by atoms with van der Waals surface area (Å²) in [6.07, 6.45) is 3.64. The summed E-state index contributed by atoms with van der Waals surface area (Å²) in [5.74, 6) is 0. The van der Waals surface area contributed by atoms with Gasteiger partial charge in [0.2, 0.25) is 0 Å². The smallest absolute Gasteiger partial charge is 0.0700 e. The van der Waals surface area contributed by atoms with E-state index in [4.69, 9.17) is 0 Å². The minimum absolute atomic E-state index is 0.514. The summed E-state index contributed by atoms with van der Waals surface area (Å²) in [5.41, 5.74) is 3.42. The highest BCUT2D eigenvalue weighted by molar-refractivity contribution is 5.34. The second-order valence-corrected chi connectivity index (χ2v) is 5.38. The molecule has 0 amide bonds. The van der Waals surface area contributed by atoms with Crippen LogP contribution in [0.2, 0.25) is 0 Å². The van der Waals surface area contributed by atoms with Gasteiger partial charge in [0.1, 0.15) is 0 Å². The third kappa shape index (κ3) is 3.08. The van der Waals surface area contributed by atoms with Gasteiger partial charge >= 0.3 is 0 Å². The average molecular weight is 233 g/mol. The minimum atomic E-state index is -0.514. The highest BCUT2D eigenvalue weighted by Gasteiger charge is 2.29. The standard InChI is InChI=1S/C15H23NO/c1-12-5-3-6-13(2)14(12)11-15(17)7-4-9-16-10-8-15/h3,5-6,16-17H,4,7-11H2,1-2H3. The van der Waals surface area contributed by atoms with Crippen molar-refractivity contribution in [3.63, 3.8) is 0 Å². The Morgan fingerprint density at radius 3 is 2.59 bits per heavy atom. The molecule has 1 atom stereocenters. The number of hydrogen-bond donors (Lipinski definition) is 2. The lowest BCUT2D eigenvalue weighted by molar-refractivity contribution is 0.0282. The summed E-state index contributed by atoms with van der Waals surface area (Å²) < 4.78 is 0. The normalized spacial score (nSPS) is 25.6. The lowest BCUT2D eigenvalue weighted by atomic mass is 9.84. The van der Waals surface area contributed by atoms with Crippen LogP contribution >= 0.6 is 0 Å². The maximum atomic E-state index is 10.7. The van der Waals surface area contributed by atoms with Crippen LogP contribution in [0, 0.1) is 13.8 Å². The predicted octanol–water partition coefficient (Wildman–Crippen LogP) is 2.35. The lowest BCUT2D eigenvalue weighted by Gasteiger charge is -2.28. The summed E-state index contributed by atoms with van der Waals surface area (Å²) in [7, 11) is 0. The van der Waals surface area contributed by atoms with Crippen molar-refractivity contribution < 1.29 is 5.11 Å². The van der Waals surface area contributed by atoms with Crippen molar-refractivity contribution in [2.24, 2.45) is 0 Å². The van der Waals surface area contributed by atoms with Crippen LogP contribution in [0.5, 0.6) is 0 Å². The second kappa shape index (κ2) is 5.19. The van der Waals surface area contributed by atoms with Crippen LogP contribution < -0.4 is 5.32 Å². The van der Waals surface area contributed by atoms with Crippen molar-refractivity contribution in [3.8, 4) is 0 Å². The molecule has 2 N–H and O–H groups in total. The van der Waals surface area contributed by atoms with Gasteiger partial charge in [-0.25, -0.2) is 0 Å². The molecule has 1 aliphatic heterocycles. The van der Waals surface area contributed by atoms with Crippen molar-refractivity contribution in [1.82, 2.24) is 5.32 Å². The summed E-state index contributed by atoms with van der Waals surface area (Å²) in [5, 5.41) is 14.1. The van der Waals surface area contributed by atoms with Crippen LogP contribution in [0.3, 0.4) is 0 Å². The topological polar surface area (TPSA) is 32.3 Å². The Kier molecular flexibility index (Phi) is 3.85. The van der Waals surface area contributed by atoms with E-state index < -0.39 is 5.60 Å². The number of rotatable bonds is 2. The molecule has 1 aromatic carbocycles. The number of aryl methyl sites for hydroxylation is 2. The first-order chi connectivity index (χ1) is 8.11. The molecule has 0 saturated carbocycles. The van der Waals surface area contributed by atoms with Crippen LogP contribution in [0.4, 0.5) is 0 Å². The van der Waals surface area contributed by atoms with E-state index in [-0.39, 0.29) is 0 Å². The van der Waals surface area contributed by atoms with Crippen LogP contribution in [0.25, 0.3) is 0 Å². The van der Waals surface area contributed by atoms with Gasteiger partial charge in [-0.05, 0) is 62.9 Å². The molecule has 1 unspecified atom stereocenters. The van der Waals surface area contributed by atoms with Gasteiger partial charge in [0, 0.05) is 6.42 Å². The molecule has 0 bridgehead atoms. The van der Waals surface area contributed by atoms with E-state index in [0.29, 0.717) is 0 Å². The monoisotopic (exact) mass is 233 g/mol. The Labute approximate surface area is 104 Å². The zero-order chi connectivity index (χ0) is 12.3. The molecule has 1 saturated heterocycles. The minimum Gasteiger partial charge on any atom is -0.389 e. The maximum absolute atomic E-state index is 10.7. The first kappa shape index (κ1) is 12.6. The molecular formula is C15H23NO. The van der Waals surface area contributed by atoms with Gasteiger partial charge in [0.15, 0.2) is 0 Å². The first-order valence-electron chi connectivity index (χ1n) is 6.59. The Hall–Kier alpha value is -0.860. The van der Waals surface area contributed by atoms with Crippen molar-refractivity contribution in [2.75, 3.05) is 13.1 Å². The van der Waals surface area contributed by atoms with Crippen molar-refractivity contribution in [2.45, 2.75) is 45.1 Å². The van der Waals surface area contributed by atoms with Crippen LogP contribution in [0.1, 0.15) is 36.0 Å². The summed E-state index contributed by atoms with van der Waals surface area (Å²) in [6, 6.07) is 6.37. The van der Waals surface area contributed by atoms with Crippen molar-refractivity contribution >= 4 is 0 Å². The van der Waals surface area contributed by atoms with Crippen molar-refractivity contribution in [1.29, 1.82) is 0 Å². The molecule has 0 radical (unpaired) electrons. The number of nitrogens with one attached hydrogen (secondary N) is 1. The molecule has 2 rings (SSSR count). The average Bonchev–Trinajstić information content (AvgIpc) is 2.49. The van der Waals surface area contributed by atoms with Gasteiger partial charge in [-0.1, -0.05) is 18.2 Å². The highest BCUT2D eigenvalue weighted by Crippen LogP contribution is 2.27. The van der Waals surface area contributed by atoms with E-state index in [1.165, 1.54) is 16.7 Å². The van der Waals surface area contributed by atoms with E-state index >= 15 is 0 Å². The Morgan fingerprint density at radius 2 is 1.88 bits per heavy atom. The third-order valence-electron chi connectivity index (χ3n) is 3.91. The van der Waals surface area contributed by atoms with Crippen LogP contribution in [0.15, 0.2) is 18.2 Å². The first-order valence-corrected chi connectivity index (χ1v) is 6.59. The molecule has 1 aromatic rings. The van der Waals surface area contributed by atoms with E-state index in [0.717, 1.165) is 38.8 Å². The third-order valence-corrected chi connectivity index (χ3v) is 3.91. The van der Waals surface area contributed by atoms with E-state index in [1.807, 2.05) is 0 Å². The highest BCUT2D eigenvalue weighted by atomic mass is 16.3. The molecule has 2 nitrogen and oxygen atoms in total. The molecule has 94 valence electrons. The molecule has 0 spiro atoms. The zero-order valence-electron chi connectivity index (χ0n) is 10.9. The Balaban J connectivity index is 2.18. The van der Waals surface area contributed by atoms with Crippen LogP contribution in [-0.4, -0.2) is 23.8 Å². The zero-order valence-corrected chi connectivity index (χ0v) is 10.9.